The van der Waals surface area contributed by atoms with Crippen LogP contribution in [0.4, 0.5) is 11.5 Å². The maximum atomic E-state index is 8.58. The zero-order valence-electron chi connectivity index (χ0n) is 8.24. The van der Waals surface area contributed by atoms with Gasteiger partial charge in [0.05, 0.1) is 5.69 Å². The van der Waals surface area contributed by atoms with Gasteiger partial charge in [0.1, 0.15) is 5.82 Å². The molecule has 1 aromatic rings. The number of hydrogen-bond donors (Lipinski definition) is 3. The maximum absolute atomic E-state index is 8.58. The molecule has 78 valence electrons. The number of pyridine rings is 1. The second-order valence-electron chi connectivity index (χ2n) is 3.15. The molecule has 0 unspecified atom stereocenters. The van der Waals surface area contributed by atoms with Gasteiger partial charge >= 0.3 is 0 Å². The number of nitrogens with two attached hydrogens (primary N) is 1. The first kappa shape index (κ1) is 10.8. The summed E-state index contributed by atoms with van der Waals surface area (Å²) in [6, 6.07) is 3.76. The average molecular weight is 195 g/mol. The number of anilines is 2. The first-order valence-corrected chi connectivity index (χ1v) is 4.90. The van der Waals surface area contributed by atoms with E-state index in [1.165, 1.54) is 0 Å². The summed E-state index contributed by atoms with van der Waals surface area (Å²) in [6.45, 7) is 1.14. The average Bonchev–Trinajstić information content (AvgIpc) is 2.20. The van der Waals surface area contributed by atoms with Gasteiger partial charge < -0.3 is 16.2 Å². The highest BCUT2D eigenvalue weighted by Gasteiger charge is 1.96. The SMILES string of the molecule is Nc1ncccc1NCCCCCO. The Kier molecular flexibility index (Phi) is 4.78. The Morgan fingerprint density at radius 3 is 2.93 bits per heavy atom. The summed E-state index contributed by atoms with van der Waals surface area (Å²) >= 11 is 0. The Hall–Kier alpha value is -1.29. The molecule has 1 aromatic heterocycles. The number of nitrogen functional groups attached to an aromatic ring is 1. The Morgan fingerprint density at radius 2 is 2.21 bits per heavy atom. The van der Waals surface area contributed by atoms with Crippen molar-refractivity contribution in [3.63, 3.8) is 0 Å². The predicted octanol–water partition coefficient (Wildman–Crippen LogP) is 1.24. The van der Waals surface area contributed by atoms with Crippen molar-refractivity contribution < 1.29 is 5.11 Å². The highest BCUT2D eigenvalue weighted by atomic mass is 16.2. The van der Waals surface area contributed by atoms with E-state index in [0.717, 1.165) is 31.5 Å². The van der Waals surface area contributed by atoms with Gasteiger partial charge in [-0.25, -0.2) is 4.98 Å². The molecule has 0 bridgehead atoms. The number of aliphatic hydroxyl groups excluding tert-OH is 1. The molecular weight excluding hydrogens is 178 g/mol. The third kappa shape index (κ3) is 3.62. The van der Waals surface area contributed by atoms with Crippen molar-refractivity contribution in [2.24, 2.45) is 0 Å². The quantitative estimate of drug-likeness (QED) is 0.597. The molecule has 4 nitrogen and oxygen atoms in total. The van der Waals surface area contributed by atoms with Gasteiger partial charge in [-0.15, -0.1) is 0 Å². The molecule has 0 aliphatic carbocycles. The molecular formula is C10H17N3O. The standard InChI is InChI=1S/C10H17N3O/c11-10-9(5-4-7-13-10)12-6-2-1-3-8-14/h4-5,7,12,14H,1-3,6,8H2,(H2,11,13). The molecule has 0 atom stereocenters. The molecule has 0 aliphatic rings. The van der Waals surface area contributed by atoms with Crippen LogP contribution >= 0.6 is 0 Å². The minimum atomic E-state index is 0.273. The minimum Gasteiger partial charge on any atom is -0.396 e. The lowest BCUT2D eigenvalue weighted by atomic mass is 10.2. The van der Waals surface area contributed by atoms with E-state index < -0.39 is 0 Å². The zero-order valence-corrected chi connectivity index (χ0v) is 8.24. The number of aromatic nitrogens is 1. The van der Waals surface area contributed by atoms with Crippen molar-refractivity contribution in [3.05, 3.63) is 18.3 Å². The van der Waals surface area contributed by atoms with Crippen LogP contribution in [0.25, 0.3) is 0 Å². The van der Waals surface area contributed by atoms with Gasteiger partial charge in [0.2, 0.25) is 0 Å². The van der Waals surface area contributed by atoms with Crippen LogP contribution in [0.15, 0.2) is 18.3 Å². The largest absolute Gasteiger partial charge is 0.396 e. The molecule has 0 saturated heterocycles. The Bertz CT molecular complexity index is 265. The molecule has 1 rings (SSSR count). The predicted molar refractivity (Wildman–Crippen MR) is 58.1 cm³/mol. The van der Waals surface area contributed by atoms with Gasteiger partial charge in [-0.3, -0.25) is 0 Å². The van der Waals surface area contributed by atoms with E-state index in [4.69, 9.17) is 10.8 Å². The first-order chi connectivity index (χ1) is 6.84. The van der Waals surface area contributed by atoms with E-state index in [1.807, 2.05) is 12.1 Å². The van der Waals surface area contributed by atoms with Gasteiger partial charge in [0, 0.05) is 19.3 Å². The molecule has 0 spiro atoms. The third-order valence-corrected chi connectivity index (χ3v) is 1.99. The first-order valence-electron chi connectivity index (χ1n) is 4.90. The topological polar surface area (TPSA) is 71.2 Å². The smallest absolute Gasteiger partial charge is 0.146 e. The van der Waals surface area contributed by atoms with Crippen molar-refractivity contribution in [3.8, 4) is 0 Å². The van der Waals surface area contributed by atoms with Crippen molar-refractivity contribution in [1.82, 2.24) is 4.98 Å². The van der Waals surface area contributed by atoms with E-state index in [1.54, 1.807) is 6.20 Å². The van der Waals surface area contributed by atoms with Crippen LogP contribution in [-0.4, -0.2) is 23.2 Å². The molecule has 0 radical (unpaired) electrons. The van der Waals surface area contributed by atoms with E-state index in [-0.39, 0.29) is 6.61 Å². The van der Waals surface area contributed by atoms with Crippen LogP contribution in [0.2, 0.25) is 0 Å². The lowest BCUT2D eigenvalue weighted by Crippen LogP contribution is -2.05. The van der Waals surface area contributed by atoms with Crippen LogP contribution in [0.5, 0.6) is 0 Å². The van der Waals surface area contributed by atoms with Gasteiger partial charge in [0.25, 0.3) is 0 Å². The number of aliphatic hydroxyl groups is 1. The minimum absolute atomic E-state index is 0.273. The maximum Gasteiger partial charge on any atom is 0.146 e. The van der Waals surface area contributed by atoms with Gasteiger partial charge in [-0.1, -0.05) is 0 Å². The van der Waals surface area contributed by atoms with E-state index in [0.29, 0.717) is 5.82 Å². The Morgan fingerprint density at radius 1 is 1.36 bits per heavy atom. The second kappa shape index (κ2) is 6.21. The summed E-state index contributed by atoms with van der Waals surface area (Å²) in [7, 11) is 0. The van der Waals surface area contributed by atoms with E-state index >= 15 is 0 Å². The van der Waals surface area contributed by atoms with Crippen molar-refractivity contribution in [2.45, 2.75) is 19.3 Å². The molecule has 4 N–H and O–H groups in total. The fourth-order valence-corrected chi connectivity index (χ4v) is 1.20. The molecule has 0 aromatic carbocycles. The third-order valence-electron chi connectivity index (χ3n) is 1.99. The molecule has 0 aliphatic heterocycles. The van der Waals surface area contributed by atoms with Crippen molar-refractivity contribution in [2.75, 3.05) is 24.2 Å². The van der Waals surface area contributed by atoms with Crippen LogP contribution < -0.4 is 11.1 Å². The van der Waals surface area contributed by atoms with Crippen LogP contribution in [0.3, 0.4) is 0 Å². The highest BCUT2D eigenvalue weighted by Crippen LogP contribution is 2.13. The lowest BCUT2D eigenvalue weighted by Gasteiger charge is -2.07. The fraction of sp³-hybridized carbons (Fsp3) is 0.500. The van der Waals surface area contributed by atoms with Crippen molar-refractivity contribution in [1.29, 1.82) is 0 Å². The summed E-state index contributed by atoms with van der Waals surface area (Å²) in [4.78, 5) is 3.97. The van der Waals surface area contributed by atoms with Gasteiger partial charge in [0.15, 0.2) is 0 Å². The summed E-state index contributed by atoms with van der Waals surface area (Å²) in [6.07, 6.45) is 4.61. The lowest BCUT2D eigenvalue weighted by molar-refractivity contribution is 0.283. The van der Waals surface area contributed by atoms with E-state index in [9.17, 15) is 0 Å². The summed E-state index contributed by atoms with van der Waals surface area (Å²) in [5.41, 5.74) is 6.53. The molecule has 0 saturated carbocycles. The number of unbranched alkanes of at least 4 members (excludes halogenated alkanes) is 2. The normalized spacial score (nSPS) is 10.1. The molecule has 0 amide bonds. The van der Waals surface area contributed by atoms with Crippen LogP contribution in [0.1, 0.15) is 19.3 Å². The Labute approximate surface area is 84.2 Å². The highest BCUT2D eigenvalue weighted by molar-refractivity contribution is 5.60. The Balaban J connectivity index is 2.21. The number of hydrogen-bond acceptors (Lipinski definition) is 4. The molecule has 14 heavy (non-hydrogen) atoms. The summed E-state index contributed by atoms with van der Waals surface area (Å²) in [5.74, 6) is 0.537. The monoisotopic (exact) mass is 195 g/mol. The molecule has 1 heterocycles. The zero-order chi connectivity index (χ0) is 10.2. The second-order valence-corrected chi connectivity index (χ2v) is 3.15. The van der Waals surface area contributed by atoms with E-state index in [2.05, 4.69) is 10.3 Å². The number of nitrogens with zero attached hydrogens (tertiary/aromatic N) is 1. The van der Waals surface area contributed by atoms with Crippen LogP contribution in [-0.2, 0) is 0 Å². The fourth-order valence-electron chi connectivity index (χ4n) is 1.20. The van der Waals surface area contributed by atoms with Crippen molar-refractivity contribution >= 4 is 11.5 Å². The van der Waals surface area contributed by atoms with Gasteiger partial charge in [-0.2, -0.15) is 0 Å². The number of nitrogens with one attached hydrogen (secondary N) is 1. The van der Waals surface area contributed by atoms with Crippen LogP contribution in [0, 0.1) is 0 Å². The number of rotatable bonds is 6. The summed E-state index contributed by atoms with van der Waals surface area (Å²) < 4.78 is 0. The van der Waals surface area contributed by atoms with Gasteiger partial charge in [-0.05, 0) is 31.4 Å². The molecule has 0 fully saturated rings. The molecule has 4 heteroatoms. The summed E-state index contributed by atoms with van der Waals surface area (Å²) in [5, 5.41) is 11.8.